The van der Waals surface area contributed by atoms with E-state index < -0.39 is 0 Å². The molecule has 0 bridgehead atoms. The molecule has 2 aliphatic rings. The Kier molecular flexibility index (Phi) is 3.91. The van der Waals surface area contributed by atoms with Crippen LogP contribution in [0.4, 0.5) is 0 Å². The van der Waals surface area contributed by atoms with Crippen LogP contribution in [0.2, 0.25) is 0 Å². The van der Waals surface area contributed by atoms with E-state index in [9.17, 15) is 5.26 Å². The fourth-order valence-electron chi connectivity index (χ4n) is 3.15. The third kappa shape index (κ3) is 2.53. The van der Waals surface area contributed by atoms with Gasteiger partial charge in [-0.15, -0.1) is 11.8 Å². The van der Waals surface area contributed by atoms with Crippen molar-refractivity contribution in [2.24, 2.45) is 0 Å². The number of para-hydroxylation sites is 1. The van der Waals surface area contributed by atoms with E-state index in [-0.39, 0.29) is 4.75 Å². The fourth-order valence-corrected chi connectivity index (χ4v) is 3.83. The Balaban J connectivity index is 1.60. The van der Waals surface area contributed by atoms with Crippen LogP contribution in [-0.4, -0.2) is 42.1 Å². The van der Waals surface area contributed by atoms with E-state index in [4.69, 9.17) is 4.74 Å². The number of thioether (sulfide) groups is 1. The summed E-state index contributed by atoms with van der Waals surface area (Å²) in [4.78, 5) is 2.49. The molecule has 0 radical (unpaired) electrons. The summed E-state index contributed by atoms with van der Waals surface area (Å²) in [5.41, 5.74) is 1.34. The molecule has 0 saturated carbocycles. The number of hydrogen-bond donors (Lipinski definition) is 0. The predicted octanol–water partition coefficient (Wildman–Crippen LogP) is 2.88. The van der Waals surface area contributed by atoms with Crippen molar-refractivity contribution in [3.05, 3.63) is 29.8 Å². The van der Waals surface area contributed by atoms with E-state index in [2.05, 4.69) is 35.4 Å². The number of piperidine rings is 1. The van der Waals surface area contributed by atoms with Gasteiger partial charge in [0.25, 0.3) is 0 Å². The van der Waals surface area contributed by atoms with E-state index in [1.807, 2.05) is 6.07 Å². The first-order valence-electron chi connectivity index (χ1n) is 7.17. The topological polar surface area (TPSA) is 36.3 Å². The highest BCUT2D eigenvalue weighted by Crippen LogP contribution is 2.37. The van der Waals surface area contributed by atoms with Gasteiger partial charge in [-0.2, -0.15) is 5.26 Å². The summed E-state index contributed by atoms with van der Waals surface area (Å²) in [7, 11) is 0. The highest BCUT2D eigenvalue weighted by Gasteiger charge is 2.35. The average Bonchev–Trinajstić information content (AvgIpc) is 2.92. The highest BCUT2D eigenvalue weighted by molar-refractivity contribution is 8.00. The van der Waals surface area contributed by atoms with E-state index in [0.717, 1.165) is 44.8 Å². The molecule has 0 spiro atoms. The summed E-state index contributed by atoms with van der Waals surface area (Å²) in [6.45, 7) is 3.88. The lowest BCUT2D eigenvalue weighted by Gasteiger charge is -2.37. The summed E-state index contributed by atoms with van der Waals surface area (Å²) < 4.78 is 5.60. The standard InChI is InChI=1S/C16H20N2OS/c1-20-16(12-17)6-8-18(9-7-16)10-13-11-19-15-5-3-2-4-14(13)15/h2-5,13H,6-11H2,1H3. The minimum atomic E-state index is -0.152. The molecule has 1 saturated heterocycles. The van der Waals surface area contributed by atoms with Crippen molar-refractivity contribution >= 4 is 11.8 Å². The second-order valence-electron chi connectivity index (χ2n) is 5.66. The van der Waals surface area contributed by atoms with Gasteiger partial charge in [-0.1, -0.05) is 18.2 Å². The SMILES string of the molecule is CSC1(C#N)CCN(CC2COc3ccccc32)CC1. The van der Waals surface area contributed by atoms with Crippen LogP contribution in [0.15, 0.2) is 24.3 Å². The molecule has 1 aromatic carbocycles. The number of benzene rings is 1. The molecular weight excluding hydrogens is 268 g/mol. The van der Waals surface area contributed by atoms with Gasteiger partial charge in [0.15, 0.2) is 0 Å². The lowest BCUT2D eigenvalue weighted by molar-refractivity contribution is 0.193. The van der Waals surface area contributed by atoms with Crippen LogP contribution in [-0.2, 0) is 0 Å². The number of rotatable bonds is 3. The molecule has 0 aromatic heterocycles. The van der Waals surface area contributed by atoms with Crippen molar-refractivity contribution in [3.63, 3.8) is 0 Å². The second kappa shape index (κ2) is 5.67. The number of nitriles is 1. The van der Waals surface area contributed by atoms with E-state index in [0.29, 0.717) is 5.92 Å². The minimum absolute atomic E-state index is 0.152. The van der Waals surface area contributed by atoms with Gasteiger partial charge in [0, 0.05) is 31.1 Å². The third-order valence-corrected chi connectivity index (χ3v) is 5.82. The van der Waals surface area contributed by atoms with Gasteiger partial charge in [-0.05, 0) is 25.2 Å². The van der Waals surface area contributed by atoms with Gasteiger partial charge >= 0.3 is 0 Å². The maximum atomic E-state index is 9.33. The molecule has 1 unspecified atom stereocenters. The van der Waals surface area contributed by atoms with Crippen molar-refractivity contribution in [1.29, 1.82) is 5.26 Å². The molecular formula is C16H20N2OS. The molecule has 1 fully saturated rings. The first-order valence-corrected chi connectivity index (χ1v) is 8.39. The molecule has 0 N–H and O–H groups in total. The van der Waals surface area contributed by atoms with Crippen molar-refractivity contribution in [1.82, 2.24) is 4.90 Å². The molecule has 2 heterocycles. The number of hydrogen-bond acceptors (Lipinski definition) is 4. The van der Waals surface area contributed by atoms with E-state index in [1.165, 1.54) is 5.56 Å². The largest absolute Gasteiger partial charge is 0.493 e. The van der Waals surface area contributed by atoms with Crippen LogP contribution in [0, 0.1) is 11.3 Å². The molecule has 3 rings (SSSR count). The molecule has 1 aromatic rings. The molecule has 2 aliphatic heterocycles. The fraction of sp³-hybridized carbons (Fsp3) is 0.562. The van der Waals surface area contributed by atoms with E-state index >= 15 is 0 Å². The molecule has 4 heteroatoms. The zero-order valence-electron chi connectivity index (χ0n) is 11.8. The summed E-state index contributed by atoms with van der Waals surface area (Å²) in [6, 6.07) is 10.9. The number of likely N-dealkylation sites (tertiary alicyclic amines) is 1. The Hall–Kier alpha value is -1.18. The van der Waals surface area contributed by atoms with Gasteiger partial charge in [0.1, 0.15) is 10.5 Å². The van der Waals surface area contributed by atoms with Gasteiger partial charge in [0.05, 0.1) is 12.7 Å². The van der Waals surface area contributed by atoms with Crippen molar-refractivity contribution < 1.29 is 4.74 Å². The Morgan fingerprint density at radius 2 is 2.15 bits per heavy atom. The Morgan fingerprint density at radius 3 is 2.85 bits per heavy atom. The lowest BCUT2D eigenvalue weighted by atomic mass is 9.95. The molecule has 106 valence electrons. The normalized spacial score (nSPS) is 24.7. The molecule has 20 heavy (non-hydrogen) atoms. The Labute approximate surface area is 124 Å². The van der Waals surface area contributed by atoms with Gasteiger partial charge < -0.3 is 9.64 Å². The predicted molar refractivity (Wildman–Crippen MR) is 82.2 cm³/mol. The highest BCUT2D eigenvalue weighted by atomic mass is 32.2. The first kappa shape index (κ1) is 13.8. The number of nitrogens with zero attached hydrogens (tertiary/aromatic N) is 2. The quantitative estimate of drug-likeness (QED) is 0.857. The summed E-state index contributed by atoms with van der Waals surface area (Å²) in [6.07, 6.45) is 4.00. The summed E-state index contributed by atoms with van der Waals surface area (Å²) >= 11 is 1.71. The maximum absolute atomic E-state index is 9.33. The molecule has 0 aliphatic carbocycles. The van der Waals surface area contributed by atoms with Gasteiger partial charge in [-0.25, -0.2) is 0 Å². The van der Waals surface area contributed by atoms with Crippen molar-refractivity contribution in [2.45, 2.75) is 23.5 Å². The van der Waals surface area contributed by atoms with E-state index in [1.54, 1.807) is 11.8 Å². The first-order chi connectivity index (χ1) is 9.76. The number of ether oxygens (including phenoxy) is 1. The van der Waals surface area contributed by atoms with Gasteiger partial charge in [-0.3, -0.25) is 0 Å². The zero-order chi connectivity index (χ0) is 14.0. The van der Waals surface area contributed by atoms with Crippen LogP contribution in [0.3, 0.4) is 0 Å². The Bertz CT molecular complexity index is 517. The van der Waals surface area contributed by atoms with Crippen LogP contribution in [0.1, 0.15) is 24.3 Å². The maximum Gasteiger partial charge on any atom is 0.122 e. The van der Waals surface area contributed by atoms with Crippen LogP contribution in [0.25, 0.3) is 0 Å². The number of fused-ring (bicyclic) bond motifs is 1. The average molecular weight is 288 g/mol. The zero-order valence-corrected chi connectivity index (χ0v) is 12.7. The summed E-state index contributed by atoms with van der Waals surface area (Å²) in [5.74, 6) is 1.53. The van der Waals surface area contributed by atoms with Crippen LogP contribution >= 0.6 is 11.8 Å². The molecule has 0 amide bonds. The monoisotopic (exact) mass is 288 g/mol. The van der Waals surface area contributed by atoms with Gasteiger partial charge in [0.2, 0.25) is 0 Å². The van der Waals surface area contributed by atoms with Crippen molar-refractivity contribution in [2.75, 3.05) is 32.5 Å². The Morgan fingerprint density at radius 1 is 1.40 bits per heavy atom. The second-order valence-corrected chi connectivity index (χ2v) is 6.85. The summed E-state index contributed by atoms with van der Waals surface area (Å²) in [5, 5.41) is 9.33. The third-order valence-electron chi connectivity index (χ3n) is 4.54. The lowest BCUT2D eigenvalue weighted by Crippen LogP contribution is -2.43. The molecule has 1 atom stereocenters. The minimum Gasteiger partial charge on any atom is -0.493 e. The van der Waals surface area contributed by atoms with Crippen LogP contribution in [0.5, 0.6) is 5.75 Å². The molecule has 3 nitrogen and oxygen atoms in total. The van der Waals surface area contributed by atoms with Crippen LogP contribution < -0.4 is 4.74 Å². The van der Waals surface area contributed by atoms with Crippen molar-refractivity contribution in [3.8, 4) is 11.8 Å². The smallest absolute Gasteiger partial charge is 0.122 e.